The summed E-state index contributed by atoms with van der Waals surface area (Å²) in [5.74, 6) is 7.13. The van der Waals surface area contributed by atoms with Gasteiger partial charge in [-0.3, -0.25) is 5.01 Å². The Morgan fingerprint density at radius 1 is 1.64 bits per heavy atom. The van der Waals surface area contributed by atoms with Crippen LogP contribution in [0.4, 0.5) is 0 Å². The van der Waals surface area contributed by atoms with Crippen molar-refractivity contribution >= 4 is 11.8 Å². The van der Waals surface area contributed by atoms with Crippen molar-refractivity contribution in [3.05, 3.63) is 11.9 Å². The first-order valence-electron chi connectivity index (χ1n) is 4.90. The number of hydrogen-bond acceptors (Lipinski definition) is 5. The zero-order valence-corrected chi connectivity index (χ0v) is 9.37. The van der Waals surface area contributed by atoms with Crippen LogP contribution in [0, 0.1) is 11.8 Å². The van der Waals surface area contributed by atoms with Gasteiger partial charge in [0.1, 0.15) is 0 Å². The number of nitrogens with two attached hydrogens (primary N) is 1. The summed E-state index contributed by atoms with van der Waals surface area (Å²) >= 11 is 1.59. The molecular formula is C9H16N4S. The number of hydrogen-bond donors (Lipinski definition) is 1. The highest BCUT2D eigenvalue weighted by Crippen LogP contribution is 2.41. The number of azo groups is 1. The molecular weight excluding hydrogens is 196 g/mol. The third-order valence-corrected chi connectivity index (χ3v) is 3.57. The molecule has 14 heavy (non-hydrogen) atoms. The van der Waals surface area contributed by atoms with Crippen molar-refractivity contribution in [2.24, 2.45) is 27.9 Å². The highest BCUT2D eigenvalue weighted by molar-refractivity contribution is 7.99. The molecule has 1 aliphatic carbocycles. The summed E-state index contributed by atoms with van der Waals surface area (Å²) in [6.45, 7) is 2.20. The molecule has 0 spiro atoms. The van der Waals surface area contributed by atoms with Gasteiger partial charge in [-0.25, -0.2) is 5.84 Å². The van der Waals surface area contributed by atoms with Gasteiger partial charge < -0.3 is 0 Å². The lowest BCUT2D eigenvalue weighted by molar-refractivity contribution is 0.340. The van der Waals surface area contributed by atoms with E-state index < -0.39 is 0 Å². The van der Waals surface area contributed by atoms with E-state index in [-0.39, 0.29) is 5.50 Å². The van der Waals surface area contributed by atoms with Crippen molar-refractivity contribution in [3.63, 3.8) is 0 Å². The van der Waals surface area contributed by atoms with Gasteiger partial charge in [-0.2, -0.15) is 10.2 Å². The van der Waals surface area contributed by atoms with Crippen LogP contribution in [0.3, 0.4) is 0 Å². The average molecular weight is 212 g/mol. The second-order valence-corrected chi connectivity index (χ2v) is 4.80. The van der Waals surface area contributed by atoms with E-state index >= 15 is 0 Å². The van der Waals surface area contributed by atoms with Crippen molar-refractivity contribution in [1.29, 1.82) is 0 Å². The Balaban J connectivity index is 2.04. The summed E-state index contributed by atoms with van der Waals surface area (Å²) in [5.41, 5.74) is 0.977. The molecule has 1 saturated carbocycles. The van der Waals surface area contributed by atoms with Crippen LogP contribution >= 0.6 is 11.8 Å². The Morgan fingerprint density at radius 2 is 2.36 bits per heavy atom. The van der Waals surface area contributed by atoms with Gasteiger partial charge in [0.05, 0.1) is 5.70 Å². The predicted molar refractivity (Wildman–Crippen MR) is 58.2 cm³/mol. The minimum atomic E-state index is -0.0508. The topological polar surface area (TPSA) is 54.0 Å². The summed E-state index contributed by atoms with van der Waals surface area (Å²) in [6, 6.07) is 0. The number of nitrogens with zero attached hydrogens (tertiary/aromatic N) is 3. The predicted octanol–water partition coefficient (Wildman–Crippen LogP) is 2.16. The molecule has 1 fully saturated rings. The molecule has 5 heteroatoms. The summed E-state index contributed by atoms with van der Waals surface area (Å²) in [4.78, 5) is 0. The lowest BCUT2D eigenvalue weighted by Crippen LogP contribution is -2.35. The average Bonchev–Trinajstić information content (AvgIpc) is 3.00. The van der Waals surface area contributed by atoms with Gasteiger partial charge in [0, 0.05) is 12.1 Å². The third-order valence-electron chi connectivity index (χ3n) is 2.81. The summed E-state index contributed by atoms with van der Waals surface area (Å²) in [6.07, 6.45) is 6.55. The van der Waals surface area contributed by atoms with Gasteiger partial charge in [-0.05, 0) is 25.0 Å². The Kier molecular flexibility index (Phi) is 2.78. The minimum absolute atomic E-state index is 0.0508. The largest absolute Gasteiger partial charge is 0.281 e. The van der Waals surface area contributed by atoms with Crippen LogP contribution in [0.1, 0.15) is 19.8 Å². The molecule has 0 aromatic rings. The summed E-state index contributed by atoms with van der Waals surface area (Å²) < 4.78 is 0. The maximum atomic E-state index is 5.82. The smallest absolute Gasteiger partial charge is 0.202 e. The number of rotatable bonds is 3. The van der Waals surface area contributed by atoms with E-state index in [4.69, 9.17) is 5.84 Å². The monoisotopic (exact) mass is 212 g/mol. The molecule has 2 N–H and O–H groups in total. The first-order valence-corrected chi connectivity index (χ1v) is 6.19. The van der Waals surface area contributed by atoms with Crippen LogP contribution in [0.5, 0.6) is 0 Å². The van der Waals surface area contributed by atoms with Crippen molar-refractivity contribution in [2.75, 3.05) is 6.26 Å². The van der Waals surface area contributed by atoms with E-state index in [2.05, 4.69) is 17.2 Å². The van der Waals surface area contributed by atoms with Crippen molar-refractivity contribution in [1.82, 2.24) is 5.01 Å². The molecule has 2 aliphatic rings. The van der Waals surface area contributed by atoms with Gasteiger partial charge in [0.2, 0.25) is 5.50 Å². The molecule has 1 heterocycles. The molecule has 0 saturated heterocycles. The zero-order valence-electron chi connectivity index (χ0n) is 8.55. The van der Waals surface area contributed by atoms with Crippen LogP contribution in [-0.4, -0.2) is 16.8 Å². The van der Waals surface area contributed by atoms with E-state index in [1.54, 1.807) is 16.8 Å². The second-order valence-electron chi connectivity index (χ2n) is 3.90. The summed E-state index contributed by atoms with van der Waals surface area (Å²) in [5, 5.41) is 10.0. The zero-order chi connectivity index (χ0) is 10.1. The van der Waals surface area contributed by atoms with Gasteiger partial charge in [-0.15, -0.1) is 11.8 Å². The molecule has 2 rings (SSSR count). The van der Waals surface area contributed by atoms with Crippen LogP contribution < -0.4 is 5.84 Å². The van der Waals surface area contributed by atoms with E-state index in [0.29, 0.717) is 5.92 Å². The molecule has 0 radical (unpaired) electrons. The maximum Gasteiger partial charge on any atom is 0.202 e. The fourth-order valence-electron chi connectivity index (χ4n) is 1.63. The Morgan fingerprint density at radius 3 is 2.86 bits per heavy atom. The van der Waals surface area contributed by atoms with E-state index in [1.807, 2.05) is 12.5 Å². The van der Waals surface area contributed by atoms with Crippen LogP contribution in [-0.2, 0) is 0 Å². The highest BCUT2D eigenvalue weighted by Gasteiger charge is 2.32. The van der Waals surface area contributed by atoms with Crippen LogP contribution in [0.15, 0.2) is 22.1 Å². The molecule has 2 unspecified atom stereocenters. The van der Waals surface area contributed by atoms with Gasteiger partial charge >= 0.3 is 0 Å². The molecule has 2 atom stereocenters. The maximum absolute atomic E-state index is 5.82. The normalized spacial score (nSPS) is 28.9. The van der Waals surface area contributed by atoms with E-state index in [0.717, 1.165) is 11.6 Å². The van der Waals surface area contributed by atoms with Crippen LogP contribution in [0.2, 0.25) is 0 Å². The molecule has 4 nitrogen and oxygen atoms in total. The van der Waals surface area contributed by atoms with Crippen LogP contribution in [0.25, 0.3) is 0 Å². The quantitative estimate of drug-likeness (QED) is 0.729. The molecule has 0 bridgehead atoms. The lowest BCUT2D eigenvalue weighted by atomic mass is 10.0. The molecule has 0 amide bonds. The Hall–Kier alpha value is -0.550. The fourth-order valence-corrected chi connectivity index (χ4v) is 2.08. The number of hydrazine groups is 1. The lowest BCUT2D eigenvalue weighted by Gasteiger charge is -2.25. The van der Waals surface area contributed by atoms with Crippen molar-refractivity contribution in [2.45, 2.75) is 25.3 Å². The molecule has 78 valence electrons. The summed E-state index contributed by atoms with van der Waals surface area (Å²) in [7, 11) is 0. The molecule has 0 aromatic carbocycles. The van der Waals surface area contributed by atoms with Crippen molar-refractivity contribution in [3.8, 4) is 0 Å². The van der Waals surface area contributed by atoms with Crippen molar-refractivity contribution < 1.29 is 0 Å². The van der Waals surface area contributed by atoms with Gasteiger partial charge in [0.15, 0.2) is 0 Å². The van der Waals surface area contributed by atoms with E-state index in [1.165, 1.54) is 12.8 Å². The fraction of sp³-hybridized carbons (Fsp3) is 0.778. The first-order chi connectivity index (χ1) is 6.72. The second kappa shape index (κ2) is 3.90. The standard InChI is InChI=1S/C9H16N4S/c1-6(7-3-4-7)8-5-13(10)9(14-2)12-11-8/h5-7,9H,3-4,10H2,1-2H3. The third kappa shape index (κ3) is 1.93. The number of thioether (sulfide) groups is 1. The first kappa shape index (κ1) is 9.98. The highest BCUT2D eigenvalue weighted by atomic mass is 32.2. The Labute approximate surface area is 88.6 Å². The van der Waals surface area contributed by atoms with Gasteiger partial charge in [0.25, 0.3) is 0 Å². The Bertz CT molecular complexity index is 272. The molecule has 1 aliphatic heterocycles. The van der Waals surface area contributed by atoms with E-state index in [9.17, 15) is 0 Å². The number of allylic oxidation sites excluding steroid dienone is 1. The van der Waals surface area contributed by atoms with Gasteiger partial charge in [-0.1, -0.05) is 6.92 Å². The minimum Gasteiger partial charge on any atom is -0.281 e. The molecule has 0 aromatic heterocycles. The SMILES string of the molecule is CSC1N=NC(C(C)C2CC2)=CN1N.